The van der Waals surface area contributed by atoms with Crippen molar-refractivity contribution in [2.24, 2.45) is 0 Å². The summed E-state index contributed by atoms with van der Waals surface area (Å²) in [5, 5.41) is 4.88. The molecule has 0 fully saturated rings. The second-order valence-electron chi connectivity index (χ2n) is 4.07. The van der Waals surface area contributed by atoms with Crippen LogP contribution in [0.4, 0.5) is 5.69 Å². The number of rotatable bonds is 5. The number of hydrogen-bond acceptors (Lipinski definition) is 5. The first-order valence-electron chi connectivity index (χ1n) is 5.58. The monoisotopic (exact) mass is 283 g/mol. The summed E-state index contributed by atoms with van der Waals surface area (Å²) < 4.78 is 25.7. The lowest BCUT2D eigenvalue weighted by molar-refractivity contribution is 0.0879. The molecule has 2 rings (SSSR count). The van der Waals surface area contributed by atoms with Crippen LogP contribution in [0.15, 0.2) is 18.2 Å². The van der Waals surface area contributed by atoms with E-state index in [1.54, 1.807) is 7.05 Å². The van der Waals surface area contributed by atoms with Gasteiger partial charge in [-0.25, -0.2) is 8.42 Å². The van der Waals surface area contributed by atoms with Crippen molar-refractivity contribution in [2.45, 2.75) is 0 Å². The maximum Gasteiger partial charge on any atom is 0.259 e. The van der Waals surface area contributed by atoms with Crippen LogP contribution in [0.3, 0.4) is 0 Å². The van der Waals surface area contributed by atoms with Crippen molar-refractivity contribution in [3.05, 3.63) is 29.3 Å². The zero-order chi connectivity index (χ0) is 14.0. The first-order chi connectivity index (χ1) is 8.93. The lowest BCUT2D eigenvalue weighted by Gasteiger charge is -2.08. The molecule has 102 valence electrons. The summed E-state index contributed by atoms with van der Waals surface area (Å²) in [4.78, 5) is 22.8. The Morgan fingerprint density at radius 3 is 2.53 bits per heavy atom. The molecule has 0 spiro atoms. The standard InChI is InChI=1S/C11H13N3O4S/c1-12-4-5-19(17,18)14-7-2-3-8-9(6-7)11(16)13-10(8)15/h2-3,6,12,14H,4-5H2,1H3,(H,13,15,16). The molecule has 0 saturated heterocycles. The van der Waals surface area contributed by atoms with Crippen molar-refractivity contribution in [2.75, 3.05) is 24.1 Å². The van der Waals surface area contributed by atoms with Gasteiger partial charge in [0.05, 0.1) is 16.9 Å². The van der Waals surface area contributed by atoms with Gasteiger partial charge >= 0.3 is 0 Å². The van der Waals surface area contributed by atoms with Crippen molar-refractivity contribution in [3.63, 3.8) is 0 Å². The van der Waals surface area contributed by atoms with E-state index in [-0.39, 0.29) is 22.6 Å². The Morgan fingerprint density at radius 1 is 1.16 bits per heavy atom. The molecule has 0 radical (unpaired) electrons. The molecule has 1 aromatic rings. The zero-order valence-corrected chi connectivity index (χ0v) is 11.0. The average Bonchev–Trinajstić information content (AvgIpc) is 2.62. The van der Waals surface area contributed by atoms with Crippen LogP contribution in [0.2, 0.25) is 0 Å². The molecule has 0 bridgehead atoms. The number of fused-ring (bicyclic) bond motifs is 1. The van der Waals surface area contributed by atoms with Gasteiger partial charge in [-0.3, -0.25) is 19.6 Å². The Labute approximate surface area is 110 Å². The molecule has 1 heterocycles. The number of carbonyl (C=O) groups excluding carboxylic acids is 2. The van der Waals surface area contributed by atoms with Crippen LogP contribution in [0, 0.1) is 0 Å². The minimum Gasteiger partial charge on any atom is -0.319 e. The van der Waals surface area contributed by atoms with Crippen LogP contribution in [-0.2, 0) is 10.0 Å². The fraction of sp³-hybridized carbons (Fsp3) is 0.273. The van der Waals surface area contributed by atoms with E-state index in [1.165, 1.54) is 18.2 Å². The van der Waals surface area contributed by atoms with Gasteiger partial charge in [0.25, 0.3) is 11.8 Å². The van der Waals surface area contributed by atoms with Crippen LogP contribution in [0.5, 0.6) is 0 Å². The first-order valence-corrected chi connectivity index (χ1v) is 7.23. The molecule has 1 aromatic carbocycles. The summed E-state index contributed by atoms with van der Waals surface area (Å²) in [7, 11) is -1.82. The lowest BCUT2D eigenvalue weighted by Crippen LogP contribution is -2.24. The molecule has 0 aliphatic carbocycles. The molecule has 1 aliphatic rings. The van der Waals surface area contributed by atoms with Gasteiger partial charge in [-0.2, -0.15) is 0 Å². The fourth-order valence-electron chi connectivity index (χ4n) is 1.70. The summed E-state index contributed by atoms with van der Waals surface area (Å²) in [5.41, 5.74) is 0.696. The van der Waals surface area contributed by atoms with E-state index in [0.717, 1.165) is 0 Å². The van der Waals surface area contributed by atoms with Gasteiger partial charge in [-0.15, -0.1) is 0 Å². The zero-order valence-electron chi connectivity index (χ0n) is 10.2. The molecule has 0 unspecified atom stereocenters. The number of nitrogens with one attached hydrogen (secondary N) is 3. The molecule has 19 heavy (non-hydrogen) atoms. The largest absolute Gasteiger partial charge is 0.319 e. The minimum absolute atomic E-state index is 0.0777. The maximum absolute atomic E-state index is 11.7. The number of hydrogen-bond donors (Lipinski definition) is 3. The second-order valence-corrected chi connectivity index (χ2v) is 5.91. The number of sulfonamides is 1. The van der Waals surface area contributed by atoms with Gasteiger partial charge in [0.1, 0.15) is 0 Å². The Bertz CT molecular complexity index is 639. The number of benzene rings is 1. The number of amides is 2. The predicted molar refractivity (Wildman–Crippen MR) is 69.6 cm³/mol. The van der Waals surface area contributed by atoms with E-state index in [9.17, 15) is 18.0 Å². The summed E-state index contributed by atoms with van der Waals surface area (Å²) in [6.45, 7) is 0.319. The Morgan fingerprint density at radius 2 is 1.84 bits per heavy atom. The third-order valence-electron chi connectivity index (χ3n) is 2.63. The topological polar surface area (TPSA) is 104 Å². The molecule has 7 nitrogen and oxygen atoms in total. The third-order valence-corrected chi connectivity index (χ3v) is 3.92. The number of anilines is 1. The Balaban J connectivity index is 2.22. The highest BCUT2D eigenvalue weighted by Crippen LogP contribution is 2.20. The third kappa shape index (κ3) is 2.91. The van der Waals surface area contributed by atoms with E-state index in [0.29, 0.717) is 6.54 Å². The van der Waals surface area contributed by atoms with Crippen molar-refractivity contribution >= 4 is 27.5 Å². The fourth-order valence-corrected chi connectivity index (χ4v) is 2.76. The Hall–Kier alpha value is -1.93. The van der Waals surface area contributed by atoms with Gasteiger partial charge in [-0.1, -0.05) is 0 Å². The molecule has 0 saturated carbocycles. The van der Waals surface area contributed by atoms with E-state index >= 15 is 0 Å². The van der Waals surface area contributed by atoms with Crippen molar-refractivity contribution in [1.82, 2.24) is 10.6 Å². The van der Waals surface area contributed by atoms with Crippen LogP contribution >= 0.6 is 0 Å². The summed E-state index contributed by atoms with van der Waals surface area (Å²) in [6.07, 6.45) is 0. The summed E-state index contributed by atoms with van der Waals surface area (Å²) in [6, 6.07) is 4.23. The molecule has 1 aliphatic heterocycles. The predicted octanol–water partition coefficient (Wildman–Crippen LogP) is -0.469. The van der Waals surface area contributed by atoms with E-state index in [1.807, 2.05) is 0 Å². The number of imide groups is 1. The van der Waals surface area contributed by atoms with Gasteiger partial charge < -0.3 is 5.32 Å². The van der Waals surface area contributed by atoms with Crippen molar-refractivity contribution < 1.29 is 18.0 Å². The van der Waals surface area contributed by atoms with E-state index in [2.05, 4.69) is 15.4 Å². The van der Waals surface area contributed by atoms with Gasteiger partial charge in [0, 0.05) is 12.2 Å². The van der Waals surface area contributed by atoms with Crippen molar-refractivity contribution in [1.29, 1.82) is 0 Å². The average molecular weight is 283 g/mol. The van der Waals surface area contributed by atoms with Gasteiger partial charge in [0.2, 0.25) is 10.0 Å². The van der Waals surface area contributed by atoms with Crippen molar-refractivity contribution in [3.8, 4) is 0 Å². The first kappa shape index (κ1) is 13.5. The van der Waals surface area contributed by atoms with Crippen LogP contribution < -0.4 is 15.4 Å². The van der Waals surface area contributed by atoms with Crippen LogP contribution in [0.1, 0.15) is 20.7 Å². The molecule has 0 atom stereocenters. The highest BCUT2D eigenvalue weighted by molar-refractivity contribution is 7.92. The normalized spacial score (nSPS) is 14.2. The van der Waals surface area contributed by atoms with E-state index in [4.69, 9.17) is 0 Å². The Kier molecular flexibility index (Phi) is 3.54. The summed E-state index contributed by atoms with van der Waals surface area (Å²) in [5.74, 6) is -1.06. The maximum atomic E-state index is 11.7. The quantitative estimate of drug-likeness (QED) is 0.634. The van der Waals surface area contributed by atoms with Gasteiger partial charge in [-0.05, 0) is 25.2 Å². The van der Waals surface area contributed by atoms with Crippen LogP contribution in [0.25, 0.3) is 0 Å². The molecule has 8 heteroatoms. The summed E-state index contributed by atoms with van der Waals surface area (Å²) >= 11 is 0. The van der Waals surface area contributed by atoms with Gasteiger partial charge in [0.15, 0.2) is 0 Å². The molecule has 3 N–H and O–H groups in total. The highest BCUT2D eigenvalue weighted by atomic mass is 32.2. The van der Waals surface area contributed by atoms with E-state index < -0.39 is 21.8 Å². The molecular formula is C11H13N3O4S. The molecule has 2 amide bonds. The molecular weight excluding hydrogens is 270 g/mol. The molecule has 0 aromatic heterocycles. The second kappa shape index (κ2) is 4.98. The number of carbonyl (C=O) groups is 2. The minimum atomic E-state index is -3.47. The highest BCUT2D eigenvalue weighted by Gasteiger charge is 2.27. The van der Waals surface area contributed by atoms with Crippen LogP contribution in [-0.4, -0.2) is 39.6 Å². The SMILES string of the molecule is CNCCS(=O)(=O)Nc1ccc2c(c1)C(=O)NC2=O. The smallest absolute Gasteiger partial charge is 0.259 e. The lowest BCUT2D eigenvalue weighted by atomic mass is 10.1.